The van der Waals surface area contributed by atoms with Gasteiger partial charge in [-0.15, -0.1) is 0 Å². The SMILES string of the molecule is O=C(NCCc1ncn[nH]1)c1ccc(F)c(Br)c1. The molecule has 2 rings (SSSR count). The first-order chi connectivity index (χ1) is 8.66. The van der Waals surface area contributed by atoms with Crippen molar-refractivity contribution in [2.45, 2.75) is 6.42 Å². The van der Waals surface area contributed by atoms with E-state index in [4.69, 9.17) is 0 Å². The summed E-state index contributed by atoms with van der Waals surface area (Å²) in [7, 11) is 0. The Kier molecular flexibility index (Phi) is 4.03. The molecule has 0 atom stereocenters. The number of H-pyrrole nitrogens is 1. The van der Waals surface area contributed by atoms with E-state index in [0.717, 1.165) is 0 Å². The second-order valence-corrected chi connectivity index (χ2v) is 4.42. The summed E-state index contributed by atoms with van der Waals surface area (Å²) in [5, 5.41) is 9.11. The van der Waals surface area contributed by atoms with Crippen LogP contribution in [0.1, 0.15) is 16.2 Å². The van der Waals surface area contributed by atoms with E-state index in [-0.39, 0.29) is 10.4 Å². The van der Waals surface area contributed by atoms with Gasteiger partial charge < -0.3 is 5.32 Å². The molecule has 0 fully saturated rings. The van der Waals surface area contributed by atoms with Crippen LogP contribution < -0.4 is 5.32 Å². The van der Waals surface area contributed by atoms with Crippen LogP contribution in [0, 0.1) is 5.82 Å². The molecule has 5 nitrogen and oxygen atoms in total. The van der Waals surface area contributed by atoms with Crippen LogP contribution in [0.15, 0.2) is 29.0 Å². The highest BCUT2D eigenvalue weighted by molar-refractivity contribution is 9.10. The molecule has 1 aromatic carbocycles. The first-order valence-electron chi connectivity index (χ1n) is 5.24. The van der Waals surface area contributed by atoms with E-state index in [0.29, 0.717) is 24.4 Å². The number of carbonyl (C=O) groups excluding carboxylic acids is 1. The number of aromatic nitrogens is 3. The summed E-state index contributed by atoms with van der Waals surface area (Å²) in [5.74, 6) is 0.0546. The first-order valence-corrected chi connectivity index (χ1v) is 6.03. The molecule has 2 N–H and O–H groups in total. The van der Waals surface area contributed by atoms with E-state index >= 15 is 0 Å². The number of halogens is 2. The third-order valence-electron chi connectivity index (χ3n) is 2.29. The molecule has 1 amide bonds. The molecule has 0 saturated carbocycles. The number of nitrogens with zero attached hydrogens (tertiary/aromatic N) is 2. The molecule has 1 aromatic heterocycles. The molecule has 0 unspecified atom stereocenters. The van der Waals surface area contributed by atoms with E-state index < -0.39 is 5.82 Å². The lowest BCUT2D eigenvalue weighted by Gasteiger charge is -2.04. The minimum atomic E-state index is -0.395. The average Bonchev–Trinajstić information content (AvgIpc) is 2.85. The molecule has 18 heavy (non-hydrogen) atoms. The number of nitrogens with one attached hydrogen (secondary N) is 2. The van der Waals surface area contributed by atoms with Crippen LogP contribution in [0.5, 0.6) is 0 Å². The Bertz CT molecular complexity index is 544. The summed E-state index contributed by atoms with van der Waals surface area (Å²) >= 11 is 3.04. The maximum atomic E-state index is 13.0. The van der Waals surface area contributed by atoms with E-state index in [2.05, 4.69) is 36.4 Å². The normalized spacial score (nSPS) is 10.3. The number of benzene rings is 1. The Balaban J connectivity index is 1.89. The third-order valence-corrected chi connectivity index (χ3v) is 2.90. The van der Waals surface area contributed by atoms with Crippen molar-refractivity contribution in [3.8, 4) is 0 Å². The zero-order chi connectivity index (χ0) is 13.0. The van der Waals surface area contributed by atoms with Crippen LogP contribution in [0.2, 0.25) is 0 Å². The summed E-state index contributed by atoms with van der Waals surface area (Å²) < 4.78 is 13.3. The van der Waals surface area contributed by atoms with Gasteiger partial charge in [0, 0.05) is 18.5 Å². The molecule has 2 aromatic rings. The highest BCUT2D eigenvalue weighted by atomic mass is 79.9. The Labute approximate surface area is 111 Å². The summed E-state index contributed by atoms with van der Waals surface area (Å²) in [6.07, 6.45) is 1.97. The summed E-state index contributed by atoms with van der Waals surface area (Å²) in [5.41, 5.74) is 0.404. The molecule has 0 saturated heterocycles. The smallest absolute Gasteiger partial charge is 0.251 e. The fourth-order valence-electron chi connectivity index (χ4n) is 1.39. The summed E-state index contributed by atoms with van der Waals surface area (Å²) in [4.78, 5) is 15.7. The monoisotopic (exact) mass is 312 g/mol. The fourth-order valence-corrected chi connectivity index (χ4v) is 1.76. The molecule has 0 spiro atoms. The second-order valence-electron chi connectivity index (χ2n) is 3.57. The van der Waals surface area contributed by atoms with Crippen LogP contribution in [0.4, 0.5) is 4.39 Å². The topological polar surface area (TPSA) is 70.7 Å². The maximum absolute atomic E-state index is 13.0. The lowest BCUT2D eigenvalue weighted by atomic mass is 10.2. The molecule has 7 heteroatoms. The Morgan fingerprint density at radius 1 is 1.50 bits per heavy atom. The molecule has 0 bridgehead atoms. The molecule has 94 valence electrons. The first kappa shape index (κ1) is 12.7. The van der Waals surface area contributed by atoms with E-state index in [1.807, 2.05) is 0 Å². The van der Waals surface area contributed by atoms with Crippen molar-refractivity contribution in [2.24, 2.45) is 0 Å². The number of carbonyl (C=O) groups is 1. The molecular formula is C11H10BrFN4O. The minimum absolute atomic E-state index is 0.254. The van der Waals surface area contributed by atoms with Gasteiger partial charge in [0.2, 0.25) is 0 Å². The largest absolute Gasteiger partial charge is 0.352 e. The Morgan fingerprint density at radius 2 is 2.33 bits per heavy atom. The van der Waals surface area contributed by atoms with Gasteiger partial charge in [0.05, 0.1) is 4.47 Å². The molecule has 1 heterocycles. The molecular weight excluding hydrogens is 303 g/mol. The van der Waals surface area contributed by atoms with Gasteiger partial charge in [-0.05, 0) is 34.1 Å². The van der Waals surface area contributed by atoms with Gasteiger partial charge in [-0.2, -0.15) is 5.10 Å². The van der Waals surface area contributed by atoms with Crippen LogP contribution in [0.25, 0.3) is 0 Å². The Hall–Kier alpha value is -1.76. The van der Waals surface area contributed by atoms with Gasteiger partial charge in [0.15, 0.2) is 0 Å². The fraction of sp³-hybridized carbons (Fsp3) is 0.182. The second kappa shape index (κ2) is 5.72. The molecule has 0 aliphatic carbocycles. The molecule has 0 radical (unpaired) electrons. The number of aromatic amines is 1. The number of hydrogen-bond acceptors (Lipinski definition) is 3. The number of hydrogen-bond donors (Lipinski definition) is 2. The summed E-state index contributed by atoms with van der Waals surface area (Å²) in [6.45, 7) is 0.434. The minimum Gasteiger partial charge on any atom is -0.352 e. The lowest BCUT2D eigenvalue weighted by Crippen LogP contribution is -2.26. The van der Waals surface area contributed by atoms with Crippen molar-refractivity contribution in [3.05, 3.63) is 46.2 Å². The standard InChI is InChI=1S/C11H10BrFN4O/c12-8-5-7(1-2-9(8)13)11(18)14-4-3-10-15-6-16-17-10/h1-2,5-6H,3-4H2,(H,14,18)(H,15,16,17). The van der Waals surface area contributed by atoms with Crippen molar-refractivity contribution in [3.63, 3.8) is 0 Å². The molecule has 0 aliphatic rings. The predicted molar refractivity (Wildman–Crippen MR) is 66.5 cm³/mol. The highest BCUT2D eigenvalue weighted by Crippen LogP contribution is 2.16. The highest BCUT2D eigenvalue weighted by Gasteiger charge is 2.08. The van der Waals surface area contributed by atoms with E-state index in [1.165, 1.54) is 24.5 Å². The zero-order valence-corrected chi connectivity index (χ0v) is 10.9. The van der Waals surface area contributed by atoms with E-state index in [9.17, 15) is 9.18 Å². The van der Waals surface area contributed by atoms with Crippen LogP contribution in [0.3, 0.4) is 0 Å². The van der Waals surface area contributed by atoms with Crippen molar-refractivity contribution >= 4 is 21.8 Å². The quantitative estimate of drug-likeness (QED) is 0.902. The zero-order valence-electron chi connectivity index (χ0n) is 9.28. The maximum Gasteiger partial charge on any atom is 0.251 e. The third kappa shape index (κ3) is 3.13. The van der Waals surface area contributed by atoms with Crippen LogP contribution in [-0.4, -0.2) is 27.6 Å². The van der Waals surface area contributed by atoms with E-state index in [1.54, 1.807) is 0 Å². The van der Waals surface area contributed by atoms with Gasteiger partial charge in [0.1, 0.15) is 18.0 Å². The number of rotatable bonds is 4. The van der Waals surface area contributed by atoms with Gasteiger partial charge >= 0.3 is 0 Å². The molecule has 0 aliphatic heterocycles. The van der Waals surface area contributed by atoms with Gasteiger partial charge in [-0.1, -0.05) is 0 Å². The van der Waals surface area contributed by atoms with Crippen LogP contribution in [-0.2, 0) is 6.42 Å². The predicted octanol–water partition coefficient (Wildman–Crippen LogP) is 1.68. The van der Waals surface area contributed by atoms with Gasteiger partial charge in [-0.25, -0.2) is 9.37 Å². The van der Waals surface area contributed by atoms with Crippen molar-refractivity contribution < 1.29 is 9.18 Å². The average molecular weight is 313 g/mol. The lowest BCUT2D eigenvalue weighted by molar-refractivity contribution is 0.0954. The van der Waals surface area contributed by atoms with Crippen LogP contribution >= 0.6 is 15.9 Å². The van der Waals surface area contributed by atoms with Crippen molar-refractivity contribution in [2.75, 3.05) is 6.54 Å². The Morgan fingerprint density at radius 3 is 3.00 bits per heavy atom. The van der Waals surface area contributed by atoms with Gasteiger partial charge in [0.25, 0.3) is 5.91 Å². The van der Waals surface area contributed by atoms with Crippen molar-refractivity contribution in [1.29, 1.82) is 0 Å². The summed E-state index contributed by atoms with van der Waals surface area (Å²) in [6, 6.07) is 4.12. The number of amides is 1. The van der Waals surface area contributed by atoms with Crippen molar-refractivity contribution in [1.82, 2.24) is 20.5 Å². The van der Waals surface area contributed by atoms with Gasteiger partial charge in [-0.3, -0.25) is 9.89 Å².